The zero-order valence-electron chi connectivity index (χ0n) is 33.8. The predicted octanol–water partition coefficient (Wildman–Crippen LogP) is 9.26. The van der Waals surface area contributed by atoms with Gasteiger partial charge in [-0.25, -0.2) is 9.97 Å². The molecular formula is C47H47N7O3. The van der Waals surface area contributed by atoms with Crippen molar-refractivity contribution >= 4 is 34.8 Å². The fourth-order valence-corrected chi connectivity index (χ4v) is 7.37. The van der Waals surface area contributed by atoms with Crippen LogP contribution >= 0.6 is 0 Å². The largest absolute Gasteiger partial charge is 0.325 e. The van der Waals surface area contributed by atoms with Gasteiger partial charge in [0.15, 0.2) is 0 Å². The number of benzene rings is 3. The zero-order valence-corrected chi connectivity index (χ0v) is 33.8. The Morgan fingerprint density at radius 3 is 1.37 bits per heavy atom. The van der Waals surface area contributed by atoms with E-state index >= 15 is 0 Å². The minimum atomic E-state index is -0.461. The number of aromatic nitrogens is 4. The van der Waals surface area contributed by atoms with Crippen LogP contribution in [-0.4, -0.2) is 37.7 Å². The highest BCUT2D eigenvalue weighted by molar-refractivity contribution is 6.07. The number of amides is 3. The summed E-state index contributed by atoms with van der Waals surface area (Å²) in [5, 5.41) is 8.85. The van der Waals surface area contributed by atoms with E-state index < -0.39 is 16.2 Å². The maximum absolute atomic E-state index is 11.9. The molecule has 0 spiro atoms. The molecule has 0 saturated carbocycles. The number of anilines is 3. The molecule has 288 valence electrons. The third kappa shape index (κ3) is 7.31. The maximum Gasteiger partial charge on any atom is 0.234 e. The molecule has 0 aliphatic carbocycles. The Morgan fingerprint density at radius 2 is 0.895 bits per heavy atom. The van der Waals surface area contributed by atoms with Gasteiger partial charge in [-0.1, -0.05) is 36.4 Å². The summed E-state index contributed by atoms with van der Waals surface area (Å²) in [6, 6.07) is 24.3. The third-order valence-electron chi connectivity index (χ3n) is 11.2. The Kier molecular flexibility index (Phi) is 9.85. The SMILES string of the molecule is Cc1cc(-c2ccc3c(c2)NC(=O)C3(C)C)ccn1.Cc1cnccc1-c1ccc2c(c1)NC(=O)C2(C)C.Cc1ncc(-c2ccc3c(c2)NC(=O)C3(C)C)cn1. The van der Waals surface area contributed by atoms with Crippen LogP contribution in [0.5, 0.6) is 0 Å². The van der Waals surface area contributed by atoms with Crippen LogP contribution in [0.1, 0.15) is 75.3 Å². The molecule has 3 aliphatic heterocycles. The van der Waals surface area contributed by atoms with Crippen LogP contribution in [0.4, 0.5) is 17.1 Å². The van der Waals surface area contributed by atoms with Crippen LogP contribution in [0, 0.1) is 20.8 Å². The van der Waals surface area contributed by atoms with Crippen molar-refractivity contribution in [2.75, 3.05) is 16.0 Å². The van der Waals surface area contributed by atoms with Gasteiger partial charge in [0, 0.05) is 59.3 Å². The van der Waals surface area contributed by atoms with Crippen molar-refractivity contribution in [3.63, 3.8) is 0 Å². The summed E-state index contributed by atoms with van der Waals surface area (Å²) < 4.78 is 0. The second-order valence-corrected chi connectivity index (χ2v) is 16.4. The first-order chi connectivity index (χ1) is 27.0. The summed E-state index contributed by atoms with van der Waals surface area (Å²) in [5.41, 5.74) is 13.1. The van der Waals surface area contributed by atoms with Gasteiger partial charge >= 0.3 is 0 Å². The highest BCUT2D eigenvalue weighted by Gasteiger charge is 2.40. The molecule has 3 amide bonds. The lowest BCUT2D eigenvalue weighted by Gasteiger charge is -2.15. The Balaban J connectivity index is 0.000000131. The van der Waals surface area contributed by atoms with E-state index in [0.29, 0.717) is 0 Å². The van der Waals surface area contributed by atoms with E-state index in [0.717, 1.165) is 84.2 Å². The number of carbonyl (C=O) groups is 3. The zero-order chi connectivity index (χ0) is 40.9. The van der Waals surface area contributed by atoms with E-state index in [4.69, 9.17) is 0 Å². The average molecular weight is 758 g/mol. The number of fused-ring (bicyclic) bond motifs is 3. The minimum Gasteiger partial charge on any atom is -0.325 e. The molecule has 3 N–H and O–H groups in total. The van der Waals surface area contributed by atoms with Gasteiger partial charge in [0.2, 0.25) is 17.7 Å². The molecule has 0 unspecified atom stereocenters. The number of hydrogen-bond donors (Lipinski definition) is 3. The third-order valence-corrected chi connectivity index (χ3v) is 11.2. The fourth-order valence-electron chi connectivity index (χ4n) is 7.37. The molecule has 3 aromatic heterocycles. The predicted molar refractivity (Wildman–Crippen MR) is 226 cm³/mol. The molecule has 3 aliphatic rings. The number of rotatable bonds is 3. The van der Waals surface area contributed by atoms with Crippen molar-refractivity contribution in [3.8, 4) is 33.4 Å². The summed E-state index contributed by atoms with van der Waals surface area (Å²) in [6.45, 7) is 17.5. The van der Waals surface area contributed by atoms with E-state index in [2.05, 4.69) is 48.0 Å². The summed E-state index contributed by atoms with van der Waals surface area (Å²) in [5.74, 6) is 0.913. The molecular weight excluding hydrogens is 711 g/mol. The summed E-state index contributed by atoms with van der Waals surface area (Å²) in [7, 11) is 0. The summed E-state index contributed by atoms with van der Waals surface area (Å²) >= 11 is 0. The monoisotopic (exact) mass is 757 g/mol. The van der Waals surface area contributed by atoms with Gasteiger partial charge in [0.25, 0.3) is 0 Å². The lowest BCUT2D eigenvalue weighted by atomic mass is 9.85. The molecule has 0 atom stereocenters. The van der Waals surface area contributed by atoms with E-state index in [1.165, 1.54) is 0 Å². The molecule has 6 heterocycles. The first-order valence-corrected chi connectivity index (χ1v) is 19.0. The van der Waals surface area contributed by atoms with Crippen molar-refractivity contribution in [1.82, 2.24) is 19.9 Å². The molecule has 0 saturated heterocycles. The highest BCUT2D eigenvalue weighted by atomic mass is 16.2. The van der Waals surface area contributed by atoms with Gasteiger partial charge in [0.05, 0.1) is 16.2 Å². The van der Waals surface area contributed by atoms with E-state index in [9.17, 15) is 14.4 Å². The topological polar surface area (TPSA) is 139 Å². The van der Waals surface area contributed by atoms with Gasteiger partial charge in [-0.05, 0) is 149 Å². The smallest absolute Gasteiger partial charge is 0.234 e. The normalized spacial score (nSPS) is 16.1. The van der Waals surface area contributed by atoms with E-state index in [1.54, 1.807) is 24.8 Å². The number of nitrogens with zero attached hydrogens (tertiary/aromatic N) is 4. The molecule has 10 heteroatoms. The van der Waals surface area contributed by atoms with Crippen LogP contribution in [0.25, 0.3) is 33.4 Å². The van der Waals surface area contributed by atoms with Crippen molar-refractivity contribution in [2.45, 2.75) is 78.6 Å². The second kappa shape index (κ2) is 14.5. The molecule has 0 fully saturated rings. The number of aryl methyl sites for hydroxylation is 3. The number of carbonyl (C=O) groups excluding carboxylic acids is 3. The van der Waals surface area contributed by atoms with Crippen LogP contribution < -0.4 is 16.0 Å². The first-order valence-electron chi connectivity index (χ1n) is 19.0. The van der Waals surface area contributed by atoms with Gasteiger partial charge in [-0.15, -0.1) is 0 Å². The Hall–Kier alpha value is -6.55. The Morgan fingerprint density at radius 1 is 0.456 bits per heavy atom. The van der Waals surface area contributed by atoms with Crippen molar-refractivity contribution < 1.29 is 14.4 Å². The molecule has 0 radical (unpaired) electrons. The lowest BCUT2D eigenvalue weighted by Crippen LogP contribution is -2.26. The van der Waals surface area contributed by atoms with Crippen LogP contribution in [0.2, 0.25) is 0 Å². The van der Waals surface area contributed by atoms with Crippen LogP contribution in [0.15, 0.2) is 104 Å². The molecule has 3 aromatic carbocycles. The van der Waals surface area contributed by atoms with Crippen LogP contribution in [-0.2, 0) is 30.6 Å². The molecule has 0 bridgehead atoms. The second-order valence-electron chi connectivity index (χ2n) is 16.4. The maximum atomic E-state index is 11.9. The van der Waals surface area contributed by atoms with E-state index in [-0.39, 0.29) is 17.7 Å². The van der Waals surface area contributed by atoms with Gasteiger partial charge in [-0.3, -0.25) is 24.4 Å². The number of nitrogens with one attached hydrogen (secondary N) is 3. The quantitative estimate of drug-likeness (QED) is 0.164. The van der Waals surface area contributed by atoms with Crippen LogP contribution in [0.3, 0.4) is 0 Å². The molecule has 10 nitrogen and oxygen atoms in total. The standard InChI is InChI=1S/2C16H16N2O.C15H15N3O/c1-10-9-17-7-6-12(10)11-4-5-13-14(8-11)18-15(19)16(13,2)3;1-10-8-12(6-7-17-10)11-4-5-13-14(9-11)18-15(19)16(13,2)3;1-9-16-7-11(8-17-9)10-4-5-12-13(6-10)18-14(19)15(12,2)3/h2*4-9H,1-3H3,(H,18,19);4-8H,1-3H3,(H,18,19). The summed E-state index contributed by atoms with van der Waals surface area (Å²) in [4.78, 5) is 52.5. The summed E-state index contributed by atoms with van der Waals surface area (Å²) in [6.07, 6.45) is 9.04. The average Bonchev–Trinajstić information content (AvgIpc) is 3.66. The van der Waals surface area contributed by atoms with Gasteiger partial charge < -0.3 is 16.0 Å². The lowest BCUT2D eigenvalue weighted by molar-refractivity contribution is -0.120. The first kappa shape index (κ1) is 38.7. The van der Waals surface area contributed by atoms with Gasteiger partial charge in [-0.2, -0.15) is 0 Å². The molecule has 57 heavy (non-hydrogen) atoms. The van der Waals surface area contributed by atoms with Gasteiger partial charge in [0.1, 0.15) is 5.82 Å². The Labute approximate surface area is 333 Å². The van der Waals surface area contributed by atoms with E-state index in [1.807, 2.05) is 129 Å². The Bertz CT molecular complexity index is 2570. The highest BCUT2D eigenvalue weighted by Crippen LogP contribution is 2.42. The van der Waals surface area contributed by atoms with Crippen molar-refractivity contribution in [2.24, 2.45) is 0 Å². The molecule has 6 aromatic rings. The number of hydrogen-bond acceptors (Lipinski definition) is 7. The molecule has 9 rings (SSSR count). The number of pyridine rings is 2. The minimum absolute atomic E-state index is 0.0415. The van der Waals surface area contributed by atoms with Crippen molar-refractivity contribution in [3.05, 3.63) is 138 Å². The van der Waals surface area contributed by atoms with Crippen molar-refractivity contribution in [1.29, 1.82) is 0 Å². The fraction of sp³-hybridized carbons (Fsp3) is 0.255.